The van der Waals surface area contributed by atoms with E-state index in [2.05, 4.69) is 20.6 Å². The number of hydrogen-bond donors (Lipinski definition) is 2. The van der Waals surface area contributed by atoms with Gasteiger partial charge in [-0.25, -0.2) is 0 Å². The van der Waals surface area contributed by atoms with Crippen LogP contribution in [0.1, 0.15) is 24.4 Å². The van der Waals surface area contributed by atoms with Gasteiger partial charge in [0.25, 0.3) is 5.91 Å². The van der Waals surface area contributed by atoms with Crippen LogP contribution in [0.25, 0.3) is 22.6 Å². The highest BCUT2D eigenvalue weighted by molar-refractivity contribution is 5.96. The fraction of sp³-hybridized carbons (Fsp3) is 0.238. The van der Waals surface area contributed by atoms with Gasteiger partial charge in [-0.2, -0.15) is 0 Å². The molecule has 0 aliphatic heterocycles. The second-order valence-electron chi connectivity index (χ2n) is 6.65. The number of aromatic nitrogens is 2. The van der Waals surface area contributed by atoms with E-state index in [0.717, 1.165) is 11.1 Å². The number of pyridine rings is 2. The molecular formula is C21H22N4O3. The van der Waals surface area contributed by atoms with Gasteiger partial charge in [0, 0.05) is 36.8 Å². The first kappa shape index (κ1) is 19.3. The molecule has 0 radical (unpaired) electrons. The van der Waals surface area contributed by atoms with Gasteiger partial charge in [-0.05, 0) is 30.2 Å². The number of amides is 2. The molecule has 0 spiro atoms. The molecular weight excluding hydrogens is 356 g/mol. The van der Waals surface area contributed by atoms with Crippen molar-refractivity contribution in [3.63, 3.8) is 0 Å². The number of nitrogens with zero attached hydrogens (tertiary/aromatic N) is 2. The van der Waals surface area contributed by atoms with E-state index in [1.54, 1.807) is 30.7 Å². The topological polar surface area (TPSA) is 97.1 Å². The lowest BCUT2D eigenvalue weighted by molar-refractivity contribution is -0.123. The summed E-state index contributed by atoms with van der Waals surface area (Å²) in [5, 5.41) is 5.26. The normalized spacial score (nSPS) is 11.9. The number of likely N-dealkylation sites (N-methyl/N-ethyl adjacent to an activating group) is 1. The predicted molar refractivity (Wildman–Crippen MR) is 105 cm³/mol. The fourth-order valence-electron chi connectivity index (χ4n) is 2.74. The third-order valence-corrected chi connectivity index (χ3v) is 4.32. The van der Waals surface area contributed by atoms with Crippen LogP contribution in [-0.4, -0.2) is 34.9 Å². The van der Waals surface area contributed by atoms with Crippen LogP contribution < -0.4 is 10.6 Å². The Balaban J connectivity index is 1.74. The Bertz CT molecular complexity index is 949. The zero-order valence-electron chi connectivity index (χ0n) is 16.0. The quantitative estimate of drug-likeness (QED) is 0.687. The van der Waals surface area contributed by atoms with Crippen molar-refractivity contribution >= 4 is 11.8 Å². The van der Waals surface area contributed by atoms with Gasteiger partial charge in [0.05, 0.1) is 0 Å². The monoisotopic (exact) mass is 378 g/mol. The standard InChI is InChI=1S/C21H22N4O3/c1-13(2)19(21(27)22-3)25-20(26)18-9-8-17(28-18)16-7-6-15(12-24-16)14-5-4-10-23-11-14/h4-13,19H,1-3H3,(H,22,27)(H,25,26)/t19-/m0/s1. The predicted octanol–water partition coefficient (Wildman–Crippen LogP) is 2.90. The molecule has 3 aromatic rings. The maximum absolute atomic E-state index is 12.5. The summed E-state index contributed by atoms with van der Waals surface area (Å²) in [5.41, 5.74) is 2.51. The zero-order valence-corrected chi connectivity index (χ0v) is 16.0. The molecule has 0 fully saturated rings. The van der Waals surface area contributed by atoms with E-state index >= 15 is 0 Å². The highest BCUT2D eigenvalue weighted by Crippen LogP contribution is 2.23. The maximum Gasteiger partial charge on any atom is 0.287 e. The molecule has 1 atom stereocenters. The van der Waals surface area contributed by atoms with Crippen molar-refractivity contribution < 1.29 is 14.0 Å². The smallest absolute Gasteiger partial charge is 0.287 e. The minimum Gasteiger partial charge on any atom is -0.449 e. The van der Waals surface area contributed by atoms with Crippen LogP contribution >= 0.6 is 0 Å². The van der Waals surface area contributed by atoms with Crippen LogP contribution in [-0.2, 0) is 4.79 Å². The highest BCUT2D eigenvalue weighted by Gasteiger charge is 2.25. The van der Waals surface area contributed by atoms with E-state index in [9.17, 15) is 9.59 Å². The number of rotatable bonds is 6. The van der Waals surface area contributed by atoms with Crippen LogP contribution in [0.4, 0.5) is 0 Å². The lowest BCUT2D eigenvalue weighted by Gasteiger charge is -2.19. The molecule has 0 saturated carbocycles. The summed E-state index contributed by atoms with van der Waals surface area (Å²) in [6, 6.07) is 10.2. The lowest BCUT2D eigenvalue weighted by atomic mass is 10.0. The molecule has 28 heavy (non-hydrogen) atoms. The van der Waals surface area contributed by atoms with Crippen molar-refractivity contribution in [1.29, 1.82) is 0 Å². The van der Waals surface area contributed by atoms with Crippen molar-refractivity contribution in [2.45, 2.75) is 19.9 Å². The molecule has 0 aliphatic rings. The molecule has 2 N–H and O–H groups in total. The van der Waals surface area contributed by atoms with Crippen LogP contribution in [0.15, 0.2) is 59.4 Å². The summed E-state index contributed by atoms with van der Waals surface area (Å²) in [6.45, 7) is 3.73. The Hall–Kier alpha value is -3.48. The van der Waals surface area contributed by atoms with Gasteiger partial charge in [0.2, 0.25) is 5.91 Å². The Morgan fingerprint density at radius 2 is 1.82 bits per heavy atom. The number of carbonyl (C=O) groups excluding carboxylic acids is 2. The molecule has 3 aromatic heterocycles. The number of hydrogen-bond acceptors (Lipinski definition) is 5. The first-order valence-electron chi connectivity index (χ1n) is 8.98. The third kappa shape index (κ3) is 4.25. The van der Waals surface area contributed by atoms with Crippen molar-refractivity contribution in [1.82, 2.24) is 20.6 Å². The Morgan fingerprint density at radius 3 is 2.43 bits per heavy atom. The molecule has 0 unspecified atom stereocenters. The summed E-state index contributed by atoms with van der Waals surface area (Å²) in [7, 11) is 1.54. The molecule has 0 aromatic carbocycles. The van der Waals surface area contributed by atoms with E-state index in [0.29, 0.717) is 11.5 Å². The van der Waals surface area contributed by atoms with Crippen LogP contribution in [0.3, 0.4) is 0 Å². The lowest BCUT2D eigenvalue weighted by Crippen LogP contribution is -2.48. The Morgan fingerprint density at radius 1 is 1.04 bits per heavy atom. The molecule has 7 nitrogen and oxygen atoms in total. The summed E-state index contributed by atoms with van der Waals surface area (Å²) in [5.74, 6) is -0.144. The molecule has 144 valence electrons. The van der Waals surface area contributed by atoms with Crippen LogP contribution in [0.5, 0.6) is 0 Å². The summed E-state index contributed by atoms with van der Waals surface area (Å²) < 4.78 is 5.65. The summed E-state index contributed by atoms with van der Waals surface area (Å²) in [4.78, 5) is 32.9. The average Bonchev–Trinajstić information content (AvgIpc) is 3.22. The van der Waals surface area contributed by atoms with Gasteiger partial charge in [0.1, 0.15) is 11.7 Å². The molecule has 0 saturated heterocycles. The molecule has 7 heteroatoms. The van der Waals surface area contributed by atoms with Gasteiger partial charge >= 0.3 is 0 Å². The summed E-state index contributed by atoms with van der Waals surface area (Å²) in [6.07, 6.45) is 5.22. The van der Waals surface area contributed by atoms with Crippen molar-refractivity contribution in [3.8, 4) is 22.6 Å². The SMILES string of the molecule is CNC(=O)[C@@H](NC(=O)c1ccc(-c2ccc(-c3cccnc3)cn2)o1)C(C)C. The van der Waals surface area contributed by atoms with Gasteiger partial charge in [-0.3, -0.25) is 19.6 Å². The first-order chi connectivity index (χ1) is 13.5. The number of furan rings is 1. The number of nitrogens with one attached hydrogen (secondary N) is 2. The van der Waals surface area contributed by atoms with E-state index < -0.39 is 11.9 Å². The van der Waals surface area contributed by atoms with E-state index in [1.807, 2.05) is 38.1 Å². The second kappa shape index (κ2) is 8.47. The fourth-order valence-corrected chi connectivity index (χ4v) is 2.74. The van der Waals surface area contributed by atoms with Crippen LogP contribution in [0, 0.1) is 5.92 Å². The molecule has 0 aliphatic carbocycles. The van der Waals surface area contributed by atoms with E-state index in [-0.39, 0.29) is 17.6 Å². The van der Waals surface area contributed by atoms with Crippen LogP contribution in [0.2, 0.25) is 0 Å². The zero-order chi connectivity index (χ0) is 20.1. The maximum atomic E-state index is 12.5. The molecule has 3 heterocycles. The van der Waals surface area contributed by atoms with Gasteiger partial charge in [0.15, 0.2) is 11.5 Å². The largest absolute Gasteiger partial charge is 0.449 e. The third-order valence-electron chi connectivity index (χ3n) is 4.32. The van der Waals surface area contributed by atoms with Gasteiger partial charge < -0.3 is 15.1 Å². The molecule has 2 amide bonds. The van der Waals surface area contributed by atoms with E-state index in [4.69, 9.17) is 4.42 Å². The molecule has 0 bridgehead atoms. The Kier molecular flexibility index (Phi) is 5.84. The first-order valence-corrected chi connectivity index (χ1v) is 8.98. The molecule has 3 rings (SSSR count). The van der Waals surface area contributed by atoms with Crippen molar-refractivity contribution in [3.05, 3.63) is 60.7 Å². The minimum absolute atomic E-state index is 0.0555. The van der Waals surface area contributed by atoms with Crippen molar-refractivity contribution in [2.24, 2.45) is 5.92 Å². The minimum atomic E-state index is -0.636. The van der Waals surface area contributed by atoms with E-state index in [1.165, 1.54) is 7.05 Å². The average molecular weight is 378 g/mol. The van der Waals surface area contributed by atoms with Gasteiger partial charge in [-0.15, -0.1) is 0 Å². The second-order valence-corrected chi connectivity index (χ2v) is 6.65. The Labute approximate surface area is 163 Å². The van der Waals surface area contributed by atoms with Crippen molar-refractivity contribution in [2.75, 3.05) is 7.05 Å². The number of carbonyl (C=O) groups is 2. The van der Waals surface area contributed by atoms with Gasteiger partial charge in [-0.1, -0.05) is 26.0 Å². The summed E-state index contributed by atoms with van der Waals surface area (Å²) >= 11 is 0. The highest BCUT2D eigenvalue weighted by atomic mass is 16.4.